The van der Waals surface area contributed by atoms with Gasteiger partial charge in [-0.1, -0.05) is 109 Å². The zero-order valence-corrected chi connectivity index (χ0v) is 30.5. The minimum atomic E-state index is 0.809. The molecule has 1 aliphatic rings. The van der Waals surface area contributed by atoms with E-state index in [-0.39, 0.29) is 0 Å². The van der Waals surface area contributed by atoms with Crippen LogP contribution in [0.25, 0.3) is 99.8 Å². The molecule has 3 aromatic heterocycles. The van der Waals surface area contributed by atoms with Crippen LogP contribution in [0.1, 0.15) is 11.1 Å². The quantitative estimate of drug-likeness (QED) is 0.172. The molecule has 0 radical (unpaired) electrons. The average molecular weight is 715 g/mol. The van der Waals surface area contributed by atoms with E-state index in [1.54, 1.807) is 6.20 Å². The molecule has 7 aromatic carbocycles. The molecule has 11 rings (SSSR count). The molecule has 0 saturated heterocycles. The summed E-state index contributed by atoms with van der Waals surface area (Å²) in [5, 5.41) is 2.19. The molecule has 262 valence electrons. The van der Waals surface area contributed by atoms with Crippen molar-refractivity contribution < 1.29 is 4.42 Å². The maximum atomic E-state index is 6.03. The zero-order chi connectivity index (χ0) is 37.0. The van der Waals surface area contributed by atoms with Gasteiger partial charge in [-0.2, -0.15) is 0 Å². The highest BCUT2D eigenvalue weighted by Crippen LogP contribution is 2.40. The van der Waals surface area contributed by atoms with Crippen molar-refractivity contribution in [3.8, 4) is 77.9 Å². The number of nitrogens with zero attached hydrogens (tertiary/aromatic N) is 2. The van der Waals surface area contributed by atoms with Gasteiger partial charge < -0.3 is 4.42 Å². The standard InChI is InChI=1S/C53H34N2O/c1-6-34(36-8-2-10-38(25-36)40-12-4-14-42(27-40)44-16-17-46-29-47-32-54-22-20-48(47)50(46)30-44)24-35(7-1)37-9-3-11-39(26-37)41-13-5-15-43(28-41)45-18-19-52-51(31-45)49-21-23-55-33-53(49)56-52/h1-28,30-33H,29H2. The van der Waals surface area contributed by atoms with Gasteiger partial charge in [-0.05, 0) is 150 Å². The molecular weight excluding hydrogens is 681 g/mol. The van der Waals surface area contributed by atoms with Crippen LogP contribution in [0.5, 0.6) is 0 Å². The van der Waals surface area contributed by atoms with Gasteiger partial charge in [-0.3, -0.25) is 9.97 Å². The molecule has 3 heteroatoms. The molecule has 0 atom stereocenters. The topological polar surface area (TPSA) is 38.9 Å². The van der Waals surface area contributed by atoms with Gasteiger partial charge in [0.25, 0.3) is 0 Å². The molecule has 0 saturated carbocycles. The molecule has 1 aliphatic carbocycles. The fourth-order valence-electron chi connectivity index (χ4n) is 8.40. The Hall–Kier alpha value is -7.36. The molecule has 0 amide bonds. The maximum Gasteiger partial charge on any atom is 0.153 e. The summed E-state index contributed by atoms with van der Waals surface area (Å²) >= 11 is 0. The third kappa shape index (κ3) is 5.69. The van der Waals surface area contributed by atoms with E-state index in [2.05, 4.69) is 174 Å². The maximum absolute atomic E-state index is 6.03. The van der Waals surface area contributed by atoms with Gasteiger partial charge in [0, 0.05) is 35.8 Å². The smallest absolute Gasteiger partial charge is 0.153 e. The highest BCUT2D eigenvalue weighted by Gasteiger charge is 2.19. The lowest BCUT2D eigenvalue weighted by molar-refractivity contribution is 0.667. The molecular formula is C53H34N2O. The Balaban J connectivity index is 0.879. The van der Waals surface area contributed by atoms with Crippen molar-refractivity contribution in [1.29, 1.82) is 0 Å². The summed E-state index contributed by atoms with van der Waals surface area (Å²) in [4.78, 5) is 8.57. The minimum Gasteiger partial charge on any atom is -0.454 e. The van der Waals surface area contributed by atoms with Crippen LogP contribution >= 0.6 is 0 Å². The second kappa shape index (κ2) is 13.2. The number of aromatic nitrogens is 2. The van der Waals surface area contributed by atoms with Gasteiger partial charge in [0.15, 0.2) is 5.58 Å². The van der Waals surface area contributed by atoms with Crippen LogP contribution in [0.3, 0.4) is 0 Å². The minimum absolute atomic E-state index is 0.809. The lowest BCUT2D eigenvalue weighted by Crippen LogP contribution is -1.86. The second-order valence-corrected chi connectivity index (χ2v) is 14.7. The first-order valence-corrected chi connectivity index (χ1v) is 19.1. The van der Waals surface area contributed by atoms with E-state index in [0.29, 0.717) is 0 Å². The predicted octanol–water partition coefficient (Wildman–Crippen LogP) is 13.9. The van der Waals surface area contributed by atoms with E-state index >= 15 is 0 Å². The number of benzene rings is 7. The van der Waals surface area contributed by atoms with Crippen LogP contribution in [0, 0.1) is 0 Å². The number of furan rings is 1. The Kier molecular flexibility index (Phi) is 7.56. The van der Waals surface area contributed by atoms with Crippen LogP contribution in [0.4, 0.5) is 0 Å². The molecule has 0 unspecified atom stereocenters. The Bertz CT molecular complexity index is 3130. The van der Waals surface area contributed by atoms with E-state index in [1.165, 1.54) is 83.5 Å². The summed E-state index contributed by atoms with van der Waals surface area (Å²) in [5.41, 5.74) is 21.3. The summed E-state index contributed by atoms with van der Waals surface area (Å²) in [6.07, 6.45) is 8.45. The molecule has 10 aromatic rings. The third-order valence-corrected chi connectivity index (χ3v) is 11.3. The predicted molar refractivity (Wildman–Crippen MR) is 230 cm³/mol. The van der Waals surface area contributed by atoms with Gasteiger partial charge in [-0.25, -0.2) is 0 Å². The number of hydrogen-bond acceptors (Lipinski definition) is 3. The highest BCUT2D eigenvalue weighted by atomic mass is 16.3. The fraction of sp³-hybridized carbons (Fsp3) is 0.0189. The zero-order valence-electron chi connectivity index (χ0n) is 30.5. The van der Waals surface area contributed by atoms with Crippen LogP contribution < -0.4 is 0 Å². The van der Waals surface area contributed by atoms with Crippen LogP contribution in [-0.2, 0) is 6.42 Å². The van der Waals surface area contributed by atoms with Crippen molar-refractivity contribution in [2.75, 3.05) is 0 Å². The first kappa shape index (κ1) is 32.1. The summed E-state index contributed by atoms with van der Waals surface area (Å²) in [7, 11) is 0. The van der Waals surface area contributed by atoms with Gasteiger partial charge >= 0.3 is 0 Å². The van der Waals surface area contributed by atoms with E-state index < -0.39 is 0 Å². The lowest BCUT2D eigenvalue weighted by Gasteiger charge is -2.11. The molecule has 0 fully saturated rings. The summed E-state index contributed by atoms with van der Waals surface area (Å²) in [6.45, 7) is 0. The Morgan fingerprint density at radius 2 is 0.768 bits per heavy atom. The van der Waals surface area contributed by atoms with E-state index in [0.717, 1.165) is 33.9 Å². The molecule has 0 aliphatic heterocycles. The largest absolute Gasteiger partial charge is 0.454 e. The van der Waals surface area contributed by atoms with Crippen molar-refractivity contribution in [2.45, 2.75) is 6.42 Å². The van der Waals surface area contributed by atoms with Crippen LogP contribution in [0.2, 0.25) is 0 Å². The fourth-order valence-corrected chi connectivity index (χ4v) is 8.40. The number of fused-ring (bicyclic) bond motifs is 6. The second-order valence-electron chi connectivity index (χ2n) is 14.7. The Morgan fingerprint density at radius 3 is 1.30 bits per heavy atom. The first-order valence-electron chi connectivity index (χ1n) is 19.1. The van der Waals surface area contributed by atoms with Crippen molar-refractivity contribution in [3.63, 3.8) is 0 Å². The van der Waals surface area contributed by atoms with Crippen molar-refractivity contribution in [1.82, 2.24) is 9.97 Å². The van der Waals surface area contributed by atoms with E-state index in [1.807, 2.05) is 24.7 Å². The summed E-state index contributed by atoms with van der Waals surface area (Å²) < 4.78 is 6.03. The van der Waals surface area contributed by atoms with Crippen molar-refractivity contribution in [3.05, 3.63) is 206 Å². The summed E-state index contributed by atoms with van der Waals surface area (Å²) in [6, 6.07) is 61.8. The Morgan fingerprint density at radius 1 is 0.321 bits per heavy atom. The average Bonchev–Trinajstić information content (AvgIpc) is 3.84. The van der Waals surface area contributed by atoms with Gasteiger partial charge in [0.05, 0.1) is 6.20 Å². The molecule has 0 N–H and O–H groups in total. The monoisotopic (exact) mass is 714 g/mol. The molecule has 0 spiro atoms. The van der Waals surface area contributed by atoms with Gasteiger partial charge in [0.1, 0.15) is 5.58 Å². The van der Waals surface area contributed by atoms with Crippen molar-refractivity contribution in [2.24, 2.45) is 0 Å². The lowest BCUT2D eigenvalue weighted by atomic mass is 9.93. The molecule has 3 nitrogen and oxygen atoms in total. The highest BCUT2D eigenvalue weighted by molar-refractivity contribution is 6.06. The first-order chi connectivity index (χ1) is 27.7. The number of hydrogen-bond donors (Lipinski definition) is 0. The molecule has 0 bridgehead atoms. The molecule has 56 heavy (non-hydrogen) atoms. The van der Waals surface area contributed by atoms with Crippen molar-refractivity contribution >= 4 is 21.9 Å². The SMILES string of the molecule is c1cc(-c2cccc(-c3cccc(-c4ccc5c(c4)-c4ccncc4C5)c3)c2)cc(-c2cccc(-c3cccc(-c4ccc5oc6cnccc6c5c4)c3)c2)c1. The van der Waals surface area contributed by atoms with E-state index in [4.69, 9.17) is 4.42 Å². The molecule has 3 heterocycles. The Labute approximate surface area is 325 Å². The van der Waals surface area contributed by atoms with E-state index in [9.17, 15) is 0 Å². The van der Waals surface area contributed by atoms with Crippen LogP contribution in [0.15, 0.2) is 199 Å². The number of pyridine rings is 2. The number of rotatable bonds is 6. The van der Waals surface area contributed by atoms with Gasteiger partial charge in [-0.15, -0.1) is 0 Å². The van der Waals surface area contributed by atoms with Crippen LogP contribution in [-0.4, -0.2) is 9.97 Å². The third-order valence-electron chi connectivity index (χ3n) is 11.3. The normalized spacial score (nSPS) is 11.9. The van der Waals surface area contributed by atoms with Gasteiger partial charge in [0.2, 0.25) is 0 Å². The summed E-state index contributed by atoms with van der Waals surface area (Å²) in [5.74, 6) is 0.